The summed E-state index contributed by atoms with van der Waals surface area (Å²) < 4.78 is 1.86. The third-order valence-corrected chi connectivity index (χ3v) is 2.78. The normalized spacial score (nSPS) is 10.2. The Labute approximate surface area is 111 Å². The molecule has 2 amide bonds. The number of amides is 2. The predicted octanol–water partition coefficient (Wildman–Crippen LogP) is 1.20. The molecule has 0 saturated heterocycles. The van der Waals surface area contributed by atoms with Gasteiger partial charge in [0.05, 0.1) is 6.54 Å². The maximum Gasteiger partial charge on any atom is 0.319 e. The fourth-order valence-electron chi connectivity index (χ4n) is 1.63. The lowest BCUT2D eigenvalue weighted by atomic mass is 10.2. The molecule has 6 heteroatoms. The maximum absolute atomic E-state index is 11.7. The van der Waals surface area contributed by atoms with Crippen molar-refractivity contribution in [2.45, 2.75) is 13.1 Å². The highest BCUT2D eigenvalue weighted by atomic mass is 16.2. The minimum atomic E-state index is -0.261. The quantitative estimate of drug-likeness (QED) is 0.771. The molecule has 2 rings (SSSR count). The highest BCUT2D eigenvalue weighted by molar-refractivity contribution is 5.89. The van der Waals surface area contributed by atoms with Crippen LogP contribution in [0.5, 0.6) is 0 Å². The number of hydrogen-bond donors (Lipinski definition) is 3. The summed E-state index contributed by atoms with van der Waals surface area (Å²) in [4.78, 5) is 15.8. The highest BCUT2D eigenvalue weighted by Crippen LogP contribution is 2.08. The van der Waals surface area contributed by atoms with Crippen LogP contribution in [0.3, 0.4) is 0 Å². The van der Waals surface area contributed by atoms with Gasteiger partial charge in [-0.05, 0) is 17.7 Å². The first-order valence-electron chi connectivity index (χ1n) is 5.99. The number of urea groups is 1. The van der Waals surface area contributed by atoms with Gasteiger partial charge in [-0.25, -0.2) is 9.78 Å². The average Bonchev–Trinajstić information content (AvgIpc) is 2.83. The molecule has 0 fully saturated rings. The molecule has 1 aromatic carbocycles. The second-order valence-electron chi connectivity index (χ2n) is 4.16. The van der Waals surface area contributed by atoms with Crippen molar-refractivity contribution < 1.29 is 4.79 Å². The molecule has 0 aliphatic heterocycles. The van der Waals surface area contributed by atoms with Crippen molar-refractivity contribution in [3.8, 4) is 0 Å². The van der Waals surface area contributed by atoms with E-state index in [1.165, 1.54) is 0 Å². The van der Waals surface area contributed by atoms with Crippen LogP contribution in [-0.2, 0) is 20.1 Å². The number of imidazole rings is 1. The summed E-state index contributed by atoms with van der Waals surface area (Å²) in [6, 6.07) is 7.15. The van der Waals surface area contributed by atoms with Crippen molar-refractivity contribution in [1.82, 2.24) is 14.9 Å². The van der Waals surface area contributed by atoms with Gasteiger partial charge in [0.25, 0.3) is 0 Å². The van der Waals surface area contributed by atoms with Crippen LogP contribution in [0.2, 0.25) is 0 Å². The standard InChI is InChI=1S/C13H17N5O/c1-18-7-6-15-12(18)9-16-13(19)17-11-4-2-10(8-14)3-5-11/h2-7H,8-9,14H2,1H3,(H2,16,17,19). The Morgan fingerprint density at radius 2 is 2.11 bits per heavy atom. The Hall–Kier alpha value is -2.34. The molecule has 0 aliphatic rings. The van der Waals surface area contributed by atoms with Crippen LogP contribution in [0.1, 0.15) is 11.4 Å². The number of nitrogens with one attached hydrogen (secondary N) is 2. The van der Waals surface area contributed by atoms with E-state index in [4.69, 9.17) is 5.73 Å². The monoisotopic (exact) mass is 259 g/mol. The molecule has 6 nitrogen and oxygen atoms in total. The van der Waals surface area contributed by atoms with E-state index >= 15 is 0 Å². The van der Waals surface area contributed by atoms with Gasteiger partial charge in [-0.2, -0.15) is 0 Å². The number of benzene rings is 1. The zero-order valence-corrected chi connectivity index (χ0v) is 10.8. The van der Waals surface area contributed by atoms with Crippen LogP contribution in [0, 0.1) is 0 Å². The van der Waals surface area contributed by atoms with Crippen LogP contribution < -0.4 is 16.4 Å². The number of rotatable bonds is 4. The van der Waals surface area contributed by atoms with E-state index in [0.29, 0.717) is 13.1 Å². The number of anilines is 1. The molecule has 19 heavy (non-hydrogen) atoms. The summed E-state index contributed by atoms with van der Waals surface area (Å²) in [5, 5.41) is 5.49. The Kier molecular flexibility index (Phi) is 4.15. The minimum absolute atomic E-state index is 0.261. The second-order valence-corrected chi connectivity index (χ2v) is 4.16. The van der Waals surface area contributed by atoms with Crippen LogP contribution in [-0.4, -0.2) is 15.6 Å². The molecule has 0 unspecified atom stereocenters. The summed E-state index contributed by atoms with van der Waals surface area (Å²) in [6.45, 7) is 0.877. The highest BCUT2D eigenvalue weighted by Gasteiger charge is 2.04. The molecule has 0 bridgehead atoms. The molecular formula is C13H17N5O. The number of carbonyl (C=O) groups is 1. The summed E-state index contributed by atoms with van der Waals surface area (Å²) in [5.74, 6) is 0.800. The van der Waals surface area contributed by atoms with E-state index in [0.717, 1.165) is 17.1 Å². The molecular weight excluding hydrogens is 242 g/mol. The number of nitrogens with zero attached hydrogens (tertiary/aromatic N) is 2. The molecule has 0 saturated carbocycles. The van der Waals surface area contributed by atoms with E-state index in [-0.39, 0.29) is 6.03 Å². The maximum atomic E-state index is 11.7. The van der Waals surface area contributed by atoms with E-state index in [9.17, 15) is 4.79 Å². The lowest BCUT2D eigenvalue weighted by Gasteiger charge is -2.08. The SMILES string of the molecule is Cn1ccnc1CNC(=O)Nc1ccc(CN)cc1. The van der Waals surface area contributed by atoms with Gasteiger partial charge < -0.3 is 20.9 Å². The molecule has 0 spiro atoms. The molecule has 2 aromatic rings. The zero-order chi connectivity index (χ0) is 13.7. The van der Waals surface area contributed by atoms with Crippen molar-refractivity contribution in [1.29, 1.82) is 0 Å². The lowest BCUT2D eigenvalue weighted by molar-refractivity contribution is 0.251. The first kappa shape index (κ1) is 13.1. The summed E-state index contributed by atoms with van der Waals surface area (Å²) in [5.41, 5.74) is 7.27. The van der Waals surface area contributed by atoms with Gasteiger partial charge in [-0.15, -0.1) is 0 Å². The summed E-state index contributed by atoms with van der Waals surface area (Å²) in [6.07, 6.45) is 3.53. The van der Waals surface area contributed by atoms with Crippen LogP contribution in [0.4, 0.5) is 10.5 Å². The molecule has 1 heterocycles. The second kappa shape index (κ2) is 6.01. The topological polar surface area (TPSA) is 85.0 Å². The summed E-state index contributed by atoms with van der Waals surface area (Å²) >= 11 is 0. The van der Waals surface area contributed by atoms with Crippen LogP contribution >= 0.6 is 0 Å². The van der Waals surface area contributed by atoms with Crippen molar-refractivity contribution in [3.05, 3.63) is 48.0 Å². The van der Waals surface area contributed by atoms with E-state index in [1.807, 2.05) is 42.1 Å². The fourth-order valence-corrected chi connectivity index (χ4v) is 1.63. The number of aromatic nitrogens is 2. The van der Waals surface area contributed by atoms with Gasteiger partial charge in [-0.3, -0.25) is 0 Å². The van der Waals surface area contributed by atoms with E-state index in [1.54, 1.807) is 6.20 Å². The van der Waals surface area contributed by atoms with Gasteiger partial charge in [0.2, 0.25) is 0 Å². The van der Waals surface area contributed by atoms with Gasteiger partial charge in [0, 0.05) is 31.7 Å². The molecule has 0 radical (unpaired) electrons. The predicted molar refractivity (Wildman–Crippen MR) is 73.4 cm³/mol. The van der Waals surface area contributed by atoms with Gasteiger partial charge in [-0.1, -0.05) is 12.1 Å². The molecule has 100 valence electrons. The third kappa shape index (κ3) is 3.56. The van der Waals surface area contributed by atoms with Crippen LogP contribution in [0.25, 0.3) is 0 Å². The Morgan fingerprint density at radius 3 is 2.68 bits per heavy atom. The van der Waals surface area contributed by atoms with Gasteiger partial charge in [0.1, 0.15) is 5.82 Å². The van der Waals surface area contributed by atoms with Crippen molar-refractivity contribution in [2.75, 3.05) is 5.32 Å². The first-order chi connectivity index (χ1) is 9.19. The minimum Gasteiger partial charge on any atom is -0.337 e. The average molecular weight is 259 g/mol. The Bertz CT molecular complexity index is 546. The van der Waals surface area contributed by atoms with E-state index in [2.05, 4.69) is 15.6 Å². The first-order valence-corrected chi connectivity index (χ1v) is 5.99. The summed E-state index contributed by atoms with van der Waals surface area (Å²) in [7, 11) is 1.88. The van der Waals surface area contributed by atoms with Gasteiger partial charge in [0.15, 0.2) is 0 Å². The van der Waals surface area contributed by atoms with Crippen molar-refractivity contribution in [3.63, 3.8) is 0 Å². The Morgan fingerprint density at radius 1 is 1.37 bits per heavy atom. The van der Waals surface area contributed by atoms with E-state index < -0.39 is 0 Å². The fraction of sp³-hybridized carbons (Fsp3) is 0.231. The number of aryl methyl sites for hydroxylation is 1. The third-order valence-electron chi connectivity index (χ3n) is 2.78. The van der Waals surface area contributed by atoms with Crippen molar-refractivity contribution in [2.24, 2.45) is 12.8 Å². The lowest BCUT2D eigenvalue weighted by Crippen LogP contribution is -2.29. The Balaban J connectivity index is 1.85. The molecule has 4 N–H and O–H groups in total. The van der Waals surface area contributed by atoms with Crippen molar-refractivity contribution >= 4 is 11.7 Å². The number of hydrogen-bond acceptors (Lipinski definition) is 3. The molecule has 0 atom stereocenters. The van der Waals surface area contributed by atoms with Crippen LogP contribution in [0.15, 0.2) is 36.7 Å². The molecule has 0 aliphatic carbocycles. The number of nitrogens with two attached hydrogens (primary N) is 1. The van der Waals surface area contributed by atoms with Gasteiger partial charge >= 0.3 is 6.03 Å². The number of carbonyl (C=O) groups excluding carboxylic acids is 1. The smallest absolute Gasteiger partial charge is 0.319 e. The largest absolute Gasteiger partial charge is 0.337 e. The zero-order valence-electron chi connectivity index (χ0n) is 10.8. The molecule has 1 aromatic heterocycles.